The zero-order valence-electron chi connectivity index (χ0n) is 15.2. The smallest absolute Gasteiger partial charge is 0.176 e. The average Bonchev–Trinajstić information content (AvgIpc) is 3.01. The van der Waals surface area contributed by atoms with Gasteiger partial charge in [-0.3, -0.25) is 4.79 Å². The molecule has 136 valence electrons. The van der Waals surface area contributed by atoms with E-state index in [4.69, 9.17) is 9.47 Å². The van der Waals surface area contributed by atoms with Gasteiger partial charge in [-0.1, -0.05) is 35.5 Å². The van der Waals surface area contributed by atoms with Gasteiger partial charge in [0.2, 0.25) is 0 Å². The first-order chi connectivity index (χ1) is 12.6. The van der Waals surface area contributed by atoms with Crippen LogP contribution in [0.3, 0.4) is 0 Å². The van der Waals surface area contributed by atoms with E-state index in [-0.39, 0.29) is 5.78 Å². The van der Waals surface area contributed by atoms with E-state index in [1.807, 2.05) is 49.4 Å². The van der Waals surface area contributed by atoms with Gasteiger partial charge in [0.1, 0.15) is 5.75 Å². The lowest BCUT2D eigenvalue weighted by molar-refractivity contribution is 0.101. The highest BCUT2D eigenvalue weighted by molar-refractivity contribution is 7.99. The molecule has 26 heavy (non-hydrogen) atoms. The summed E-state index contributed by atoms with van der Waals surface area (Å²) in [5.74, 6) is 0.936. The number of Topliss-reactive ketones (excluding diaryl/α,β-unsaturated/α-hetero) is 1. The molecule has 0 aliphatic rings. The number of benzene rings is 2. The number of ether oxygens (including phenoxy) is 2. The van der Waals surface area contributed by atoms with Crippen LogP contribution in [0.2, 0.25) is 0 Å². The van der Waals surface area contributed by atoms with Gasteiger partial charge in [0.15, 0.2) is 10.9 Å². The van der Waals surface area contributed by atoms with E-state index in [0.29, 0.717) is 30.2 Å². The van der Waals surface area contributed by atoms with Crippen LogP contribution in [0, 0.1) is 6.92 Å². The summed E-state index contributed by atoms with van der Waals surface area (Å²) in [5, 5.41) is 0.822. The van der Waals surface area contributed by atoms with Crippen LogP contribution in [0.1, 0.15) is 15.9 Å². The van der Waals surface area contributed by atoms with Crippen molar-refractivity contribution in [2.45, 2.75) is 18.6 Å². The number of carbonyl (C=O) groups excluding carboxylic acids is 1. The molecule has 0 saturated heterocycles. The molecule has 0 amide bonds. The summed E-state index contributed by atoms with van der Waals surface area (Å²) in [6.45, 7) is 3.25. The topological polar surface area (TPSA) is 53.4 Å². The summed E-state index contributed by atoms with van der Waals surface area (Å²) in [5.41, 5.74) is 3.62. The molecule has 2 aromatic carbocycles. The number of thioether (sulfide) groups is 1. The predicted octanol–water partition coefficient (Wildman–Crippen LogP) is 3.97. The molecule has 0 saturated carbocycles. The molecule has 0 spiro atoms. The van der Waals surface area contributed by atoms with Crippen LogP contribution in [-0.2, 0) is 11.3 Å². The van der Waals surface area contributed by atoms with Crippen LogP contribution in [-0.4, -0.2) is 41.9 Å². The molecule has 3 rings (SSSR count). The zero-order valence-corrected chi connectivity index (χ0v) is 16.0. The van der Waals surface area contributed by atoms with E-state index in [2.05, 4.69) is 9.55 Å². The monoisotopic (exact) mass is 370 g/mol. The molecule has 6 heteroatoms. The van der Waals surface area contributed by atoms with Gasteiger partial charge in [-0.15, -0.1) is 0 Å². The van der Waals surface area contributed by atoms with E-state index in [1.54, 1.807) is 14.2 Å². The fraction of sp³-hybridized carbons (Fsp3) is 0.300. The first kappa shape index (κ1) is 18.5. The summed E-state index contributed by atoms with van der Waals surface area (Å²) in [6.07, 6.45) is 0. The first-order valence-corrected chi connectivity index (χ1v) is 9.37. The van der Waals surface area contributed by atoms with Gasteiger partial charge in [0.05, 0.1) is 36.1 Å². The van der Waals surface area contributed by atoms with E-state index < -0.39 is 0 Å². The largest absolute Gasteiger partial charge is 0.496 e. The van der Waals surface area contributed by atoms with Gasteiger partial charge in [0, 0.05) is 13.7 Å². The number of rotatable bonds is 8. The Kier molecular flexibility index (Phi) is 5.96. The molecule has 0 fully saturated rings. The average molecular weight is 370 g/mol. The van der Waals surface area contributed by atoms with Crippen LogP contribution >= 0.6 is 11.8 Å². The Morgan fingerprint density at radius 2 is 2.00 bits per heavy atom. The molecule has 0 aliphatic heterocycles. The third kappa shape index (κ3) is 3.92. The minimum absolute atomic E-state index is 0.0286. The number of para-hydroxylation sites is 2. The zero-order chi connectivity index (χ0) is 18.5. The maximum absolute atomic E-state index is 12.7. The highest BCUT2D eigenvalue weighted by atomic mass is 32.2. The lowest BCUT2D eigenvalue weighted by atomic mass is 10.1. The number of fused-ring (bicyclic) bond motifs is 1. The van der Waals surface area contributed by atoms with Crippen molar-refractivity contribution in [3.05, 3.63) is 53.6 Å². The third-order valence-electron chi connectivity index (χ3n) is 4.13. The van der Waals surface area contributed by atoms with Gasteiger partial charge in [-0.25, -0.2) is 4.98 Å². The summed E-state index contributed by atoms with van der Waals surface area (Å²) >= 11 is 1.44. The second-order valence-electron chi connectivity index (χ2n) is 5.94. The molecule has 0 radical (unpaired) electrons. The van der Waals surface area contributed by atoms with Gasteiger partial charge in [-0.05, 0) is 31.2 Å². The van der Waals surface area contributed by atoms with Gasteiger partial charge >= 0.3 is 0 Å². The number of nitrogens with zero attached hydrogens (tertiary/aromatic N) is 2. The minimum Gasteiger partial charge on any atom is -0.496 e. The van der Waals surface area contributed by atoms with Crippen LogP contribution in [0.4, 0.5) is 0 Å². The van der Waals surface area contributed by atoms with Gasteiger partial charge in [0.25, 0.3) is 0 Å². The van der Waals surface area contributed by atoms with E-state index in [0.717, 1.165) is 21.8 Å². The number of imidazole rings is 1. The number of ketones is 1. The maximum atomic E-state index is 12.7. The maximum Gasteiger partial charge on any atom is 0.176 e. The van der Waals surface area contributed by atoms with Crippen LogP contribution in [0.25, 0.3) is 11.0 Å². The number of carbonyl (C=O) groups is 1. The van der Waals surface area contributed by atoms with Crippen LogP contribution in [0.15, 0.2) is 47.6 Å². The predicted molar refractivity (Wildman–Crippen MR) is 104 cm³/mol. The minimum atomic E-state index is 0.0286. The van der Waals surface area contributed by atoms with Crippen molar-refractivity contribution < 1.29 is 14.3 Å². The van der Waals surface area contributed by atoms with Crippen molar-refractivity contribution >= 4 is 28.6 Å². The lowest BCUT2D eigenvalue weighted by Gasteiger charge is -2.10. The number of aromatic nitrogens is 2. The molecule has 5 nitrogen and oxygen atoms in total. The molecular weight excluding hydrogens is 348 g/mol. The fourth-order valence-electron chi connectivity index (χ4n) is 2.81. The Morgan fingerprint density at radius 1 is 1.19 bits per heavy atom. The molecule has 0 aliphatic carbocycles. The molecule has 1 aromatic heterocycles. The number of hydrogen-bond donors (Lipinski definition) is 0. The molecule has 0 N–H and O–H groups in total. The van der Waals surface area contributed by atoms with E-state index >= 15 is 0 Å². The van der Waals surface area contributed by atoms with Gasteiger partial charge < -0.3 is 14.0 Å². The summed E-state index contributed by atoms with van der Waals surface area (Å²) in [6, 6.07) is 13.6. The van der Waals surface area contributed by atoms with Crippen molar-refractivity contribution in [1.29, 1.82) is 0 Å². The molecule has 0 atom stereocenters. The summed E-state index contributed by atoms with van der Waals surface area (Å²) in [7, 11) is 3.26. The SMILES string of the molecule is COCCn1c(SCC(=O)c2cc(C)ccc2OC)nc2ccccc21. The van der Waals surface area contributed by atoms with E-state index in [9.17, 15) is 4.79 Å². The standard InChI is InChI=1S/C20H22N2O3S/c1-14-8-9-19(25-3)15(12-14)18(23)13-26-20-21-16-6-4-5-7-17(16)22(20)10-11-24-2/h4-9,12H,10-11,13H2,1-3H3. The fourth-order valence-corrected chi connectivity index (χ4v) is 3.73. The quantitative estimate of drug-likeness (QED) is 0.443. The molecule has 0 unspecified atom stereocenters. The second kappa shape index (κ2) is 8.38. The molecule has 3 aromatic rings. The Labute approximate surface area is 157 Å². The van der Waals surface area contributed by atoms with E-state index in [1.165, 1.54) is 11.8 Å². The van der Waals surface area contributed by atoms with Crippen LogP contribution in [0.5, 0.6) is 5.75 Å². The van der Waals surface area contributed by atoms with Crippen molar-refractivity contribution in [2.75, 3.05) is 26.6 Å². The Bertz CT molecular complexity index is 921. The molecular formula is C20H22N2O3S. The number of methoxy groups -OCH3 is 2. The second-order valence-corrected chi connectivity index (χ2v) is 6.89. The normalized spacial score (nSPS) is 11.0. The van der Waals surface area contributed by atoms with Gasteiger partial charge in [-0.2, -0.15) is 0 Å². The van der Waals surface area contributed by atoms with Crippen molar-refractivity contribution in [2.24, 2.45) is 0 Å². The highest BCUT2D eigenvalue weighted by Crippen LogP contribution is 2.27. The van der Waals surface area contributed by atoms with Crippen molar-refractivity contribution in [3.8, 4) is 5.75 Å². The highest BCUT2D eigenvalue weighted by Gasteiger charge is 2.16. The van der Waals surface area contributed by atoms with Crippen molar-refractivity contribution in [1.82, 2.24) is 9.55 Å². The van der Waals surface area contributed by atoms with Crippen molar-refractivity contribution in [3.63, 3.8) is 0 Å². The Morgan fingerprint density at radius 3 is 2.77 bits per heavy atom. The Balaban J connectivity index is 1.83. The summed E-state index contributed by atoms with van der Waals surface area (Å²) in [4.78, 5) is 17.4. The third-order valence-corrected chi connectivity index (χ3v) is 5.10. The first-order valence-electron chi connectivity index (χ1n) is 8.39. The lowest BCUT2D eigenvalue weighted by Crippen LogP contribution is -2.09. The van der Waals surface area contributed by atoms with Crippen LogP contribution < -0.4 is 4.74 Å². The molecule has 1 heterocycles. The Hall–Kier alpha value is -2.31. The summed E-state index contributed by atoms with van der Waals surface area (Å²) < 4.78 is 12.6. The molecule has 0 bridgehead atoms. The number of hydrogen-bond acceptors (Lipinski definition) is 5. The number of aryl methyl sites for hydroxylation is 1.